The number of hydrogen-bond acceptors (Lipinski definition) is 3. The molecule has 0 aromatic carbocycles. The monoisotopic (exact) mass is 183 g/mol. The maximum Gasteiger partial charge on any atom is 0.0901 e. The van der Waals surface area contributed by atoms with E-state index in [1.54, 1.807) is 18.3 Å². The summed E-state index contributed by atoms with van der Waals surface area (Å²) in [5.74, 6) is 0. The minimum absolute atomic E-state index is 0.382. The molecule has 0 amide bonds. The van der Waals surface area contributed by atoms with Crippen LogP contribution < -0.4 is 0 Å². The number of aliphatic hydroxyl groups is 1. The molecule has 1 aromatic heterocycles. The molecular formula is C9H13NOS. The Morgan fingerprint density at radius 1 is 1.75 bits per heavy atom. The van der Waals surface area contributed by atoms with Crippen LogP contribution >= 0.6 is 11.3 Å². The number of thiazole rings is 1. The van der Waals surface area contributed by atoms with Gasteiger partial charge in [-0.15, -0.1) is 11.3 Å². The van der Waals surface area contributed by atoms with Gasteiger partial charge >= 0.3 is 0 Å². The van der Waals surface area contributed by atoms with Crippen molar-refractivity contribution in [2.45, 2.75) is 26.9 Å². The van der Waals surface area contributed by atoms with Crippen molar-refractivity contribution in [2.24, 2.45) is 0 Å². The first-order chi connectivity index (χ1) is 5.59. The van der Waals surface area contributed by atoms with E-state index in [4.69, 9.17) is 0 Å². The smallest absolute Gasteiger partial charge is 0.0901 e. The maximum atomic E-state index is 9.20. The fourth-order valence-corrected chi connectivity index (χ4v) is 1.37. The molecule has 1 heterocycles. The summed E-state index contributed by atoms with van der Waals surface area (Å²) in [7, 11) is 0. The molecule has 1 unspecified atom stereocenters. The van der Waals surface area contributed by atoms with Gasteiger partial charge in [0.1, 0.15) is 0 Å². The molecule has 0 fully saturated rings. The molecule has 2 nitrogen and oxygen atoms in total. The number of aryl methyl sites for hydroxylation is 1. The summed E-state index contributed by atoms with van der Waals surface area (Å²) in [4.78, 5) is 4.26. The predicted octanol–water partition coefficient (Wildman–Crippen LogP) is 2.24. The Hall–Kier alpha value is -0.670. The zero-order chi connectivity index (χ0) is 9.14. The molecule has 1 N–H and O–H groups in total. The van der Waals surface area contributed by atoms with Crippen LogP contribution in [0.15, 0.2) is 11.0 Å². The fourth-order valence-electron chi connectivity index (χ4n) is 0.800. The van der Waals surface area contributed by atoms with E-state index in [1.165, 1.54) is 0 Å². The number of aliphatic hydroxyl groups excluding tert-OH is 1. The summed E-state index contributed by atoms with van der Waals surface area (Å²) < 4.78 is 0. The molecule has 1 aromatic rings. The number of hydrogen-bond donors (Lipinski definition) is 1. The van der Waals surface area contributed by atoms with Gasteiger partial charge in [0, 0.05) is 5.38 Å². The minimum Gasteiger partial charge on any atom is -0.389 e. The van der Waals surface area contributed by atoms with Gasteiger partial charge in [-0.25, -0.2) is 4.98 Å². The molecular weight excluding hydrogens is 170 g/mol. The van der Waals surface area contributed by atoms with Crippen LogP contribution in [0.4, 0.5) is 0 Å². The van der Waals surface area contributed by atoms with Crippen molar-refractivity contribution in [2.75, 3.05) is 0 Å². The highest BCUT2D eigenvalue weighted by atomic mass is 32.1. The van der Waals surface area contributed by atoms with Gasteiger partial charge in [-0.05, 0) is 32.4 Å². The lowest BCUT2D eigenvalue weighted by molar-refractivity contribution is 0.232. The molecule has 0 saturated heterocycles. The Kier molecular flexibility index (Phi) is 3.00. The fraction of sp³-hybridized carbons (Fsp3) is 0.444. The largest absolute Gasteiger partial charge is 0.389 e. The van der Waals surface area contributed by atoms with Crippen LogP contribution in [0.3, 0.4) is 0 Å². The molecule has 0 bridgehead atoms. The summed E-state index contributed by atoms with van der Waals surface area (Å²) >= 11 is 1.62. The molecule has 0 aliphatic rings. The second-order valence-corrected chi connectivity index (χ2v) is 3.92. The summed E-state index contributed by atoms with van der Waals surface area (Å²) in [5.41, 5.74) is 1.89. The van der Waals surface area contributed by atoms with E-state index < -0.39 is 0 Å². The molecule has 1 rings (SSSR count). The normalized spacial score (nSPS) is 14.8. The number of nitrogens with zero attached hydrogens (tertiary/aromatic N) is 1. The van der Waals surface area contributed by atoms with E-state index >= 15 is 0 Å². The van der Waals surface area contributed by atoms with Crippen molar-refractivity contribution in [3.05, 3.63) is 21.7 Å². The average Bonchev–Trinajstić information content (AvgIpc) is 2.35. The number of aromatic nitrogens is 1. The van der Waals surface area contributed by atoms with Crippen LogP contribution in [0.25, 0.3) is 6.08 Å². The first-order valence-corrected chi connectivity index (χ1v) is 4.76. The second kappa shape index (κ2) is 3.83. The van der Waals surface area contributed by atoms with E-state index in [-0.39, 0.29) is 6.10 Å². The summed E-state index contributed by atoms with van der Waals surface area (Å²) in [5, 5.41) is 12.2. The van der Waals surface area contributed by atoms with E-state index in [9.17, 15) is 5.11 Å². The van der Waals surface area contributed by atoms with Gasteiger partial charge in [0.2, 0.25) is 0 Å². The van der Waals surface area contributed by atoms with Gasteiger partial charge < -0.3 is 5.11 Å². The number of rotatable bonds is 2. The molecule has 0 aliphatic carbocycles. The molecule has 0 radical (unpaired) electrons. The molecule has 3 heteroatoms. The standard InChI is InChI=1S/C9H13NOS/c1-6(7(2)11)4-9-5-12-8(3)10-9/h4-5,7,11H,1-3H3. The topological polar surface area (TPSA) is 33.1 Å². The van der Waals surface area contributed by atoms with Crippen molar-refractivity contribution in [3.63, 3.8) is 0 Å². The van der Waals surface area contributed by atoms with Crippen LogP contribution in [0.5, 0.6) is 0 Å². The Balaban J connectivity index is 2.80. The molecule has 12 heavy (non-hydrogen) atoms. The van der Waals surface area contributed by atoms with E-state index in [0.29, 0.717) is 0 Å². The lowest BCUT2D eigenvalue weighted by Crippen LogP contribution is -2.00. The molecule has 66 valence electrons. The molecule has 0 saturated carbocycles. The quantitative estimate of drug-likeness (QED) is 0.762. The van der Waals surface area contributed by atoms with Gasteiger partial charge in [-0.3, -0.25) is 0 Å². The summed E-state index contributed by atoms with van der Waals surface area (Å²) in [6.45, 7) is 5.63. The van der Waals surface area contributed by atoms with E-state index in [1.807, 2.05) is 25.3 Å². The highest BCUT2D eigenvalue weighted by molar-refractivity contribution is 7.09. The van der Waals surface area contributed by atoms with Gasteiger partial charge in [-0.2, -0.15) is 0 Å². The Bertz CT molecular complexity index is 288. The van der Waals surface area contributed by atoms with E-state index in [2.05, 4.69) is 4.98 Å². The first kappa shape index (κ1) is 9.42. The van der Waals surface area contributed by atoms with Crippen molar-refractivity contribution >= 4 is 17.4 Å². The average molecular weight is 183 g/mol. The van der Waals surface area contributed by atoms with Crippen LogP contribution in [0.2, 0.25) is 0 Å². The van der Waals surface area contributed by atoms with Crippen molar-refractivity contribution in [3.8, 4) is 0 Å². The highest BCUT2D eigenvalue weighted by Gasteiger charge is 1.99. The highest BCUT2D eigenvalue weighted by Crippen LogP contribution is 2.12. The van der Waals surface area contributed by atoms with Crippen molar-refractivity contribution in [1.82, 2.24) is 4.98 Å². The third kappa shape index (κ3) is 2.43. The van der Waals surface area contributed by atoms with Gasteiger partial charge in [-0.1, -0.05) is 0 Å². The maximum absolute atomic E-state index is 9.20. The van der Waals surface area contributed by atoms with Gasteiger partial charge in [0.25, 0.3) is 0 Å². The zero-order valence-electron chi connectivity index (χ0n) is 7.53. The Labute approximate surface area is 76.6 Å². The Morgan fingerprint density at radius 2 is 2.42 bits per heavy atom. The van der Waals surface area contributed by atoms with Crippen molar-refractivity contribution in [1.29, 1.82) is 0 Å². The van der Waals surface area contributed by atoms with E-state index in [0.717, 1.165) is 16.3 Å². The van der Waals surface area contributed by atoms with Gasteiger partial charge in [0.15, 0.2) is 0 Å². The molecule has 0 spiro atoms. The van der Waals surface area contributed by atoms with Crippen LogP contribution in [-0.4, -0.2) is 16.2 Å². The molecule has 1 atom stereocenters. The second-order valence-electron chi connectivity index (χ2n) is 2.86. The third-order valence-corrected chi connectivity index (χ3v) is 2.46. The van der Waals surface area contributed by atoms with Crippen LogP contribution in [0, 0.1) is 6.92 Å². The SMILES string of the molecule is CC(=Cc1csc(C)n1)C(C)O. The summed E-state index contributed by atoms with van der Waals surface area (Å²) in [6.07, 6.45) is 1.53. The predicted molar refractivity (Wildman–Crippen MR) is 52.2 cm³/mol. The third-order valence-electron chi connectivity index (χ3n) is 1.67. The molecule has 0 aliphatic heterocycles. The van der Waals surface area contributed by atoms with Crippen LogP contribution in [0.1, 0.15) is 24.5 Å². The summed E-state index contributed by atoms with van der Waals surface area (Å²) in [6, 6.07) is 0. The zero-order valence-corrected chi connectivity index (χ0v) is 8.35. The van der Waals surface area contributed by atoms with Crippen LogP contribution in [-0.2, 0) is 0 Å². The Morgan fingerprint density at radius 3 is 2.83 bits per heavy atom. The van der Waals surface area contributed by atoms with Crippen molar-refractivity contribution < 1.29 is 5.11 Å². The lowest BCUT2D eigenvalue weighted by atomic mass is 10.2. The lowest BCUT2D eigenvalue weighted by Gasteiger charge is -2.01. The minimum atomic E-state index is -0.382. The first-order valence-electron chi connectivity index (χ1n) is 3.88. The van der Waals surface area contributed by atoms with Gasteiger partial charge in [0.05, 0.1) is 16.8 Å².